The van der Waals surface area contributed by atoms with E-state index in [-0.39, 0.29) is 0 Å². The van der Waals surface area contributed by atoms with Crippen molar-refractivity contribution in [2.75, 3.05) is 35.2 Å². The third-order valence-electron chi connectivity index (χ3n) is 2.36. The molecule has 1 aromatic rings. The van der Waals surface area contributed by atoms with Crippen LogP contribution in [0.2, 0.25) is 0 Å². The van der Waals surface area contributed by atoms with Crippen LogP contribution in [0, 0.1) is 0 Å². The maximum absolute atomic E-state index is 5.55. The van der Waals surface area contributed by atoms with Gasteiger partial charge in [-0.15, -0.1) is 0 Å². The fourth-order valence-corrected chi connectivity index (χ4v) is 2.48. The van der Waals surface area contributed by atoms with Gasteiger partial charge in [0.15, 0.2) is 0 Å². The minimum Gasteiger partial charge on any atom is -0.384 e. The molecule has 2 N–H and O–H groups in total. The van der Waals surface area contributed by atoms with E-state index in [2.05, 4.69) is 16.0 Å². The molecule has 1 fully saturated rings. The van der Waals surface area contributed by atoms with Crippen molar-refractivity contribution < 1.29 is 0 Å². The quantitative estimate of drug-likeness (QED) is 0.763. The van der Waals surface area contributed by atoms with Crippen molar-refractivity contribution in [3.63, 3.8) is 0 Å². The van der Waals surface area contributed by atoms with Gasteiger partial charge in [-0.3, -0.25) is 0 Å². The first-order valence-electron chi connectivity index (χ1n) is 4.90. The molecule has 3 nitrogen and oxygen atoms in total. The number of hydrogen-bond donors (Lipinski definition) is 1. The molecular formula is C10H15N3S. The summed E-state index contributed by atoms with van der Waals surface area (Å²) in [5.74, 6) is 3.08. The number of pyridine rings is 1. The van der Waals surface area contributed by atoms with Crippen LogP contribution < -0.4 is 10.6 Å². The monoisotopic (exact) mass is 209 g/mol. The molecule has 0 aliphatic carbocycles. The Labute approximate surface area is 88.7 Å². The summed E-state index contributed by atoms with van der Waals surface area (Å²) in [6, 6.07) is 3.92. The second-order valence-corrected chi connectivity index (χ2v) is 4.62. The lowest BCUT2D eigenvalue weighted by molar-refractivity contribution is 0.814. The van der Waals surface area contributed by atoms with Gasteiger partial charge in [0.2, 0.25) is 0 Å². The largest absolute Gasteiger partial charge is 0.384 e. The molecule has 1 aromatic heterocycles. The van der Waals surface area contributed by atoms with Crippen molar-refractivity contribution in [1.29, 1.82) is 0 Å². The van der Waals surface area contributed by atoms with E-state index in [0.717, 1.165) is 13.1 Å². The van der Waals surface area contributed by atoms with Gasteiger partial charge in [0.25, 0.3) is 0 Å². The van der Waals surface area contributed by atoms with E-state index in [1.54, 1.807) is 0 Å². The lowest BCUT2D eigenvalue weighted by atomic mass is 10.3. The summed E-state index contributed by atoms with van der Waals surface area (Å²) in [5.41, 5.74) is 6.75. The van der Waals surface area contributed by atoms with E-state index in [1.165, 1.54) is 23.6 Å². The Morgan fingerprint density at radius 2 is 2.21 bits per heavy atom. The maximum atomic E-state index is 5.55. The number of thioether (sulfide) groups is 1. The van der Waals surface area contributed by atoms with E-state index in [0.29, 0.717) is 5.82 Å². The number of rotatable bonds is 1. The van der Waals surface area contributed by atoms with Gasteiger partial charge in [0, 0.05) is 18.8 Å². The average molecular weight is 209 g/mol. The van der Waals surface area contributed by atoms with Crippen molar-refractivity contribution in [3.05, 3.63) is 18.3 Å². The lowest BCUT2D eigenvalue weighted by Gasteiger charge is -2.21. The Kier molecular flexibility index (Phi) is 3.14. The van der Waals surface area contributed by atoms with Gasteiger partial charge in [-0.05, 0) is 24.3 Å². The number of nitrogens with two attached hydrogens (primary N) is 1. The van der Waals surface area contributed by atoms with Crippen molar-refractivity contribution in [2.45, 2.75) is 6.42 Å². The molecule has 14 heavy (non-hydrogen) atoms. The Balaban J connectivity index is 2.08. The van der Waals surface area contributed by atoms with E-state index in [9.17, 15) is 0 Å². The predicted octanol–water partition coefficient (Wildman–Crippen LogP) is 1.61. The van der Waals surface area contributed by atoms with Crippen LogP contribution in [0.3, 0.4) is 0 Å². The Bertz CT molecular complexity index is 278. The zero-order valence-corrected chi connectivity index (χ0v) is 8.96. The van der Waals surface area contributed by atoms with E-state index >= 15 is 0 Å². The molecule has 0 aromatic carbocycles. The van der Waals surface area contributed by atoms with Crippen LogP contribution in [-0.4, -0.2) is 29.6 Å². The maximum Gasteiger partial charge on any atom is 0.123 e. The lowest BCUT2D eigenvalue weighted by Crippen LogP contribution is -2.25. The molecule has 0 unspecified atom stereocenters. The first-order chi connectivity index (χ1) is 6.86. The van der Waals surface area contributed by atoms with Gasteiger partial charge in [-0.1, -0.05) is 0 Å². The van der Waals surface area contributed by atoms with Gasteiger partial charge < -0.3 is 10.6 Å². The molecule has 0 saturated carbocycles. The molecule has 1 saturated heterocycles. The highest BCUT2D eigenvalue weighted by molar-refractivity contribution is 7.99. The number of nitrogens with zero attached hydrogens (tertiary/aromatic N) is 2. The van der Waals surface area contributed by atoms with Crippen LogP contribution in [0.1, 0.15) is 6.42 Å². The zero-order valence-electron chi connectivity index (χ0n) is 8.15. The molecule has 0 spiro atoms. The summed E-state index contributed by atoms with van der Waals surface area (Å²) in [6.07, 6.45) is 3.13. The van der Waals surface area contributed by atoms with Crippen LogP contribution in [0.5, 0.6) is 0 Å². The van der Waals surface area contributed by atoms with Gasteiger partial charge in [0.05, 0.1) is 11.9 Å². The summed E-state index contributed by atoms with van der Waals surface area (Å²) >= 11 is 2.03. The number of aromatic nitrogens is 1. The Morgan fingerprint density at radius 1 is 1.29 bits per heavy atom. The Hall–Kier alpha value is -0.900. The summed E-state index contributed by atoms with van der Waals surface area (Å²) in [7, 11) is 0. The minimum atomic E-state index is 0.595. The number of anilines is 2. The fraction of sp³-hybridized carbons (Fsp3) is 0.500. The summed E-state index contributed by atoms with van der Waals surface area (Å²) < 4.78 is 0. The topological polar surface area (TPSA) is 42.1 Å². The minimum absolute atomic E-state index is 0.595. The zero-order chi connectivity index (χ0) is 9.80. The second-order valence-electron chi connectivity index (χ2n) is 3.39. The first kappa shape index (κ1) is 9.65. The molecule has 1 aliphatic rings. The highest BCUT2D eigenvalue weighted by atomic mass is 32.2. The molecule has 76 valence electrons. The van der Waals surface area contributed by atoms with Crippen molar-refractivity contribution in [2.24, 2.45) is 0 Å². The van der Waals surface area contributed by atoms with Gasteiger partial charge >= 0.3 is 0 Å². The third-order valence-corrected chi connectivity index (χ3v) is 3.41. The number of nitrogen functional groups attached to an aromatic ring is 1. The van der Waals surface area contributed by atoms with Gasteiger partial charge in [-0.2, -0.15) is 11.8 Å². The number of hydrogen-bond acceptors (Lipinski definition) is 4. The molecule has 4 heteroatoms. The van der Waals surface area contributed by atoms with Crippen LogP contribution in [0.15, 0.2) is 18.3 Å². The van der Waals surface area contributed by atoms with E-state index < -0.39 is 0 Å². The fourth-order valence-electron chi connectivity index (χ4n) is 1.59. The third kappa shape index (κ3) is 2.32. The van der Waals surface area contributed by atoms with Crippen LogP contribution in [0.4, 0.5) is 11.5 Å². The van der Waals surface area contributed by atoms with Crippen molar-refractivity contribution in [3.8, 4) is 0 Å². The van der Waals surface area contributed by atoms with Crippen LogP contribution in [-0.2, 0) is 0 Å². The molecule has 2 heterocycles. The summed E-state index contributed by atoms with van der Waals surface area (Å²) in [4.78, 5) is 6.50. The standard InChI is InChI=1S/C10H15N3S/c11-10-3-2-9(8-12-10)13-4-1-6-14-7-5-13/h2-3,8H,1,4-7H2,(H2,11,12). The smallest absolute Gasteiger partial charge is 0.123 e. The first-order valence-corrected chi connectivity index (χ1v) is 6.06. The molecule has 0 amide bonds. The van der Waals surface area contributed by atoms with E-state index in [4.69, 9.17) is 5.73 Å². The van der Waals surface area contributed by atoms with Crippen molar-refractivity contribution in [1.82, 2.24) is 4.98 Å². The molecule has 0 bridgehead atoms. The molecule has 1 aliphatic heterocycles. The average Bonchev–Trinajstić information content (AvgIpc) is 2.47. The van der Waals surface area contributed by atoms with E-state index in [1.807, 2.05) is 24.0 Å². The molecule has 0 atom stereocenters. The predicted molar refractivity (Wildman–Crippen MR) is 62.8 cm³/mol. The molecule has 2 rings (SSSR count). The van der Waals surface area contributed by atoms with Crippen LogP contribution in [0.25, 0.3) is 0 Å². The normalized spacial score (nSPS) is 17.9. The van der Waals surface area contributed by atoms with Crippen LogP contribution >= 0.6 is 11.8 Å². The van der Waals surface area contributed by atoms with Gasteiger partial charge in [0.1, 0.15) is 5.82 Å². The second kappa shape index (κ2) is 4.55. The van der Waals surface area contributed by atoms with Crippen molar-refractivity contribution >= 4 is 23.3 Å². The highest BCUT2D eigenvalue weighted by Gasteiger charge is 2.09. The Morgan fingerprint density at radius 3 is 3.00 bits per heavy atom. The SMILES string of the molecule is Nc1ccc(N2CCCSCC2)cn1. The highest BCUT2D eigenvalue weighted by Crippen LogP contribution is 2.18. The summed E-state index contributed by atoms with van der Waals surface area (Å²) in [5, 5.41) is 0. The molecular weight excluding hydrogens is 194 g/mol. The summed E-state index contributed by atoms with van der Waals surface area (Å²) in [6.45, 7) is 2.26. The van der Waals surface area contributed by atoms with Gasteiger partial charge in [-0.25, -0.2) is 4.98 Å². The molecule has 0 radical (unpaired) electrons.